The molecular formula is C23H18Cl2N2O. The summed E-state index contributed by atoms with van der Waals surface area (Å²) in [4.78, 5) is 4.79. The van der Waals surface area contributed by atoms with E-state index < -0.39 is 0 Å². The van der Waals surface area contributed by atoms with E-state index in [2.05, 4.69) is 10.6 Å². The highest BCUT2D eigenvalue weighted by Crippen LogP contribution is 2.26. The number of fused-ring (bicyclic) bond motifs is 1. The van der Waals surface area contributed by atoms with Crippen LogP contribution >= 0.6 is 23.2 Å². The van der Waals surface area contributed by atoms with Crippen LogP contribution in [0.3, 0.4) is 0 Å². The van der Waals surface area contributed by atoms with E-state index in [9.17, 15) is 0 Å². The van der Waals surface area contributed by atoms with Crippen molar-refractivity contribution in [2.45, 2.75) is 6.54 Å². The summed E-state index contributed by atoms with van der Waals surface area (Å²) in [5, 5.41) is 1.27. The van der Waals surface area contributed by atoms with Gasteiger partial charge in [0.1, 0.15) is 11.6 Å². The SMILES string of the molecule is COc1ccccc1C=Cc1nc2ccccc2n1Cc1ccc(Cl)cc1Cl. The van der Waals surface area contributed by atoms with E-state index in [1.54, 1.807) is 13.2 Å². The molecule has 1 aromatic heterocycles. The zero-order valence-corrected chi connectivity index (χ0v) is 16.8. The summed E-state index contributed by atoms with van der Waals surface area (Å²) in [5.41, 5.74) is 3.97. The second kappa shape index (κ2) is 8.09. The van der Waals surface area contributed by atoms with Gasteiger partial charge in [-0.15, -0.1) is 0 Å². The van der Waals surface area contributed by atoms with Crippen molar-refractivity contribution in [3.8, 4) is 5.75 Å². The molecule has 0 saturated carbocycles. The first-order valence-electron chi connectivity index (χ1n) is 8.86. The van der Waals surface area contributed by atoms with Crippen LogP contribution in [0.5, 0.6) is 5.75 Å². The maximum Gasteiger partial charge on any atom is 0.134 e. The number of aromatic nitrogens is 2. The Labute approximate surface area is 173 Å². The molecular weight excluding hydrogens is 391 g/mol. The highest BCUT2D eigenvalue weighted by Gasteiger charge is 2.11. The number of para-hydroxylation sites is 3. The van der Waals surface area contributed by atoms with Gasteiger partial charge in [-0.05, 0) is 48.0 Å². The molecule has 0 bridgehead atoms. The van der Waals surface area contributed by atoms with Crippen molar-refractivity contribution < 1.29 is 4.74 Å². The molecule has 0 N–H and O–H groups in total. The van der Waals surface area contributed by atoms with Crippen LogP contribution in [0.1, 0.15) is 17.0 Å². The van der Waals surface area contributed by atoms with Crippen LogP contribution in [0.15, 0.2) is 66.7 Å². The lowest BCUT2D eigenvalue weighted by Gasteiger charge is -2.10. The molecule has 0 saturated heterocycles. The molecule has 0 atom stereocenters. The van der Waals surface area contributed by atoms with Crippen molar-refractivity contribution >= 4 is 46.4 Å². The first kappa shape index (κ1) is 18.6. The summed E-state index contributed by atoms with van der Waals surface area (Å²) in [6.45, 7) is 0.599. The number of benzene rings is 3. The number of halogens is 2. The molecule has 1 heterocycles. The van der Waals surface area contributed by atoms with E-state index in [-0.39, 0.29) is 0 Å². The number of hydrogen-bond donors (Lipinski definition) is 0. The normalized spacial score (nSPS) is 11.4. The topological polar surface area (TPSA) is 27.1 Å². The van der Waals surface area contributed by atoms with E-state index in [1.807, 2.05) is 66.7 Å². The van der Waals surface area contributed by atoms with Gasteiger partial charge in [0.25, 0.3) is 0 Å². The van der Waals surface area contributed by atoms with Gasteiger partial charge in [0.2, 0.25) is 0 Å². The highest BCUT2D eigenvalue weighted by atomic mass is 35.5. The molecule has 4 aromatic rings. The third-order valence-corrected chi connectivity index (χ3v) is 5.17. The third kappa shape index (κ3) is 3.77. The summed E-state index contributed by atoms with van der Waals surface area (Å²) in [6, 6.07) is 21.5. The first-order chi connectivity index (χ1) is 13.7. The smallest absolute Gasteiger partial charge is 0.134 e. The summed E-state index contributed by atoms with van der Waals surface area (Å²) >= 11 is 12.5. The number of hydrogen-bond acceptors (Lipinski definition) is 2. The molecule has 0 unspecified atom stereocenters. The molecule has 4 rings (SSSR count). The third-order valence-electron chi connectivity index (χ3n) is 4.58. The largest absolute Gasteiger partial charge is 0.496 e. The van der Waals surface area contributed by atoms with Gasteiger partial charge in [-0.2, -0.15) is 0 Å². The standard InChI is InChI=1S/C23H18Cl2N2O/c1-28-22-9-5-2-6-16(22)11-13-23-26-20-7-3-4-8-21(20)27(23)15-17-10-12-18(24)14-19(17)25/h2-14H,15H2,1H3. The van der Waals surface area contributed by atoms with Gasteiger partial charge in [-0.1, -0.05) is 59.6 Å². The molecule has 0 radical (unpaired) electrons. The fourth-order valence-corrected chi connectivity index (χ4v) is 3.64. The Morgan fingerprint density at radius 1 is 0.964 bits per heavy atom. The Bertz CT molecular complexity index is 1160. The Kier molecular flexibility index (Phi) is 5.38. The first-order valence-corrected chi connectivity index (χ1v) is 9.61. The van der Waals surface area contributed by atoms with Crippen LogP contribution in [0.2, 0.25) is 10.0 Å². The van der Waals surface area contributed by atoms with E-state index in [0.29, 0.717) is 16.6 Å². The minimum atomic E-state index is 0.599. The molecule has 28 heavy (non-hydrogen) atoms. The predicted octanol–water partition coefficient (Wildman–Crippen LogP) is 6.57. The molecule has 0 fully saturated rings. The Hall–Kier alpha value is -2.75. The molecule has 0 aliphatic heterocycles. The van der Waals surface area contributed by atoms with Crippen LogP contribution < -0.4 is 4.74 Å². The van der Waals surface area contributed by atoms with Crippen molar-refractivity contribution in [3.63, 3.8) is 0 Å². The quantitative estimate of drug-likeness (QED) is 0.373. The van der Waals surface area contributed by atoms with Crippen molar-refractivity contribution in [1.82, 2.24) is 9.55 Å². The molecule has 0 spiro atoms. The maximum absolute atomic E-state index is 6.41. The van der Waals surface area contributed by atoms with E-state index in [1.165, 1.54) is 0 Å². The van der Waals surface area contributed by atoms with Gasteiger partial charge in [0, 0.05) is 15.6 Å². The zero-order valence-electron chi connectivity index (χ0n) is 15.3. The molecule has 0 aliphatic rings. The molecule has 0 aliphatic carbocycles. The number of nitrogens with zero attached hydrogens (tertiary/aromatic N) is 2. The van der Waals surface area contributed by atoms with Crippen LogP contribution in [0.4, 0.5) is 0 Å². The number of imidazole rings is 1. The van der Waals surface area contributed by atoms with E-state index >= 15 is 0 Å². The minimum Gasteiger partial charge on any atom is -0.496 e. The molecule has 3 nitrogen and oxygen atoms in total. The second-order valence-electron chi connectivity index (χ2n) is 6.36. The van der Waals surface area contributed by atoms with Crippen LogP contribution in [0, 0.1) is 0 Å². The Morgan fingerprint density at radius 2 is 1.75 bits per heavy atom. The van der Waals surface area contributed by atoms with Crippen LogP contribution in [-0.2, 0) is 6.54 Å². The van der Waals surface area contributed by atoms with Crippen molar-refractivity contribution in [2.24, 2.45) is 0 Å². The van der Waals surface area contributed by atoms with Crippen LogP contribution in [-0.4, -0.2) is 16.7 Å². The second-order valence-corrected chi connectivity index (χ2v) is 7.20. The van der Waals surface area contributed by atoms with Crippen molar-refractivity contribution in [2.75, 3.05) is 7.11 Å². The molecule has 3 aromatic carbocycles. The Balaban J connectivity index is 1.78. The number of rotatable bonds is 5. The lowest BCUT2D eigenvalue weighted by Crippen LogP contribution is -2.02. The van der Waals surface area contributed by atoms with Gasteiger partial charge < -0.3 is 9.30 Å². The minimum absolute atomic E-state index is 0.599. The van der Waals surface area contributed by atoms with Crippen molar-refractivity contribution in [1.29, 1.82) is 0 Å². The number of ether oxygens (including phenoxy) is 1. The predicted molar refractivity (Wildman–Crippen MR) is 117 cm³/mol. The lowest BCUT2D eigenvalue weighted by molar-refractivity contribution is 0.414. The van der Waals surface area contributed by atoms with E-state index in [4.69, 9.17) is 32.9 Å². The maximum atomic E-state index is 6.41. The summed E-state index contributed by atoms with van der Waals surface area (Å²) < 4.78 is 7.59. The van der Waals surface area contributed by atoms with Gasteiger partial charge >= 0.3 is 0 Å². The monoisotopic (exact) mass is 408 g/mol. The Morgan fingerprint density at radius 3 is 2.57 bits per heavy atom. The van der Waals surface area contributed by atoms with Crippen LogP contribution in [0.25, 0.3) is 23.2 Å². The number of methoxy groups -OCH3 is 1. The van der Waals surface area contributed by atoms with Gasteiger partial charge in [0.15, 0.2) is 0 Å². The van der Waals surface area contributed by atoms with Gasteiger partial charge in [0.05, 0.1) is 24.7 Å². The summed E-state index contributed by atoms with van der Waals surface area (Å²) in [7, 11) is 1.67. The fraction of sp³-hybridized carbons (Fsp3) is 0.0870. The summed E-state index contributed by atoms with van der Waals surface area (Å²) in [5.74, 6) is 1.67. The zero-order chi connectivity index (χ0) is 19.5. The van der Waals surface area contributed by atoms with Gasteiger partial charge in [-0.3, -0.25) is 0 Å². The molecule has 140 valence electrons. The highest BCUT2D eigenvalue weighted by molar-refractivity contribution is 6.35. The van der Waals surface area contributed by atoms with Gasteiger partial charge in [-0.25, -0.2) is 4.98 Å². The summed E-state index contributed by atoms with van der Waals surface area (Å²) in [6.07, 6.45) is 4.02. The molecule has 5 heteroatoms. The fourth-order valence-electron chi connectivity index (χ4n) is 3.18. The van der Waals surface area contributed by atoms with E-state index in [0.717, 1.165) is 33.7 Å². The van der Waals surface area contributed by atoms with Crippen molar-refractivity contribution in [3.05, 3.63) is 93.7 Å². The average Bonchev–Trinajstić information content (AvgIpc) is 3.06. The average molecular weight is 409 g/mol. The lowest BCUT2D eigenvalue weighted by atomic mass is 10.2. The molecule has 0 amide bonds.